The lowest BCUT2D eigenvalue weighted by atomic mass is 9.84. The molecule has 8 nitrogen and oxygen atoms in total. The third-order valence-electron chi connectivity index (χ3n) is 9.03. The number of pyridine rings is 1. The number of halogens is 5. The highest BCUT2D eigenvalue weighted by molar-refractivity contribution is 7.89. The van der Waals surface area contributed by atoms with Gasteiger partial charge in [0.25, 0.3) is 0 Å². The molecule has 0 radical (unpaired) electrons. The van der Waals surface area contributed by atoms with Crippen molar-refractivity contribution in [2.45, 2.75) is 81.2 Å². The van der Waals surface area contributed by atoms with Crippen LogP contribution in [0.4, 0.5) is 17.6 Å². The maximum Gasteiger partial charge on any atom is 0.417 e. The summed E-state index contributed by atoms with van der Waals surface area (Å²) in [7, 11) is -3.31. The monoisotopic (exact) mass is 645 g/mol. The average Bonchev–Trinajstić information content (AvgIpc) is 3.35. The van der Waals surface area contributed by atoms with Gasteiger partial charge in [0.05, 0.1) is 22.4 Å². The highest BCUT2D eigenvalue weighted by atomic mass is 35.5. The number of fused-ring (bicyclic) bond motifs is 2. The topological polar surface area (TPSA) is 117 Å². The molecule has 0 spiro atoms. The lowest BCUT2D eigenvalue weighted by Gasteiger charge is -2.38. The summed E-state index contributed by atoms with van der Waals surface area (Å²) in [6, 6.07) is 3.07. The lowest BCUT2D eigenvalue weighted by molar-refractivity contribution is -0.137. The van der Waals surface area contributed by atoms with Crippen molar-refractivity contribution in [1.82, 2.24) is 19.9 Å². The van der Waals surface area contributed by atoms with Gasteiger partial charge in [-0.05, 0) is 73.8 Å². The van der Waals surface area contributed by atoms with Gasteiger partial charge in [0.2, 0.25) is 15.9 Å². The number of sulfonamides is 1. The summed E-state index contributed by atoms with van der Waals surface area (Å²) in [6.07, 6.45) is 2.41. The lowest BCUT2D eigenvalue weighted by Crippen LogP contribution is -2.57. The summed E-state index contributed by atoms with van der Waals surface area (Å²) in [5, 5.41) is 6.30. The zero-order valence-electron chi connectivity index (χ0n) is 23.5. The van der Waals surface area contributed by atoms with E-state index in [-0.39, 0.29) is 45.9 Å². The van der Waals surface area contributed by atoms with Gasteiger partial charge in [-0.15, -0.1) is 0 Å². The van der Waals surface area contributed by atoms with Gasteiger partial charge in [-0.25, -0.2) is 12.8 Å². The van der Waals surface area contributed by atoms with Crippen molar-refractivity contribution >= 4 is 27.5 Å². The van der Waals surface area contributed by atoms with E-state index in [0.717, 1.165) is 31.4 Å². The number of nitrogens with one attached hydrogen (secondary N) is 2. The number of rotatable bonds is 8. The first-order valence-electron chi connectivity index (χ1n) is 14.6. The number of aromatic nitrogens is 1. The summed E-state index contributed by atoms with van der Waals surface area (Å²) in [5.41, 5.74) is 5.63. The van der Waals surface area contributed by atoms with Crippen LogP contribution < -0.4 is 16.4 Å². The molecule has 3 aliphatic rings. The fourth-order valence-corrected chi connectivity index (χ4v) is 8.67. The fraction of sp³-hybridized carbons (Fsp3) is 0.586. The number of nitrogens with two attached hydrogens (primary N) is 1. The number of amides is 1. The molecule has 1 amide bonds. The second-order valence-electron chi connectivity index (χ2n) is 11.9. The predicted octanol–water partition coefficient (Wildman–Crippen LogP) is 4.18. The van der Waals surface area contributed by atoms with Crippen LogP contribution in [-0.4, -0.2) is 66.6 Å². The van der Waals surface area contributed by atoms with Crippen LogP contribution in [0.3, 0.4) is 0 Å². The van der Waals surface area contributed by atoms with Crippen molar-refractivity contribution in [3.8, 4) is 0 Å². The third-order valence-corrected chi connectivity index (χ3v) is 11.3. The van der Waals surface area contributed by atoms with Gasteiger partial charge in [-0.2, -0.15) is 17.5 Å². The van der Waals surface area contributed by atoms with Crippen molar-refractivity contribution in [3.05, 3.63) is 64.2 Å². The molecule has 1 aromatic carbocycles. The second-order valence-corrected chi connectivity index (χ2v) is 14.3. The largest absolute Gasteiger partial charge is 0.417 e. The number of benzene rings is 1. The molecule has 3 heterocycles. The summed E-state index contributed by atoms with van der Waals surface area (Å²) in [6.45, 7) is 1.06. The molecular weight excluding hydrogens is 610 g/mol. The second kappa shape index (κ2) is 13.0. The quantitative estimate of drug-likeness (QED) is 0.371. The molecule has 14 heteroatoms. The molecule has 1 aromatic heterocycles. The van der Waals surface area contributed by atoms with Crippen LogP contribution in [-0.2, 0) is 21.0 Å². The molecule has 1 saturated carbocycles. The van der Waals surface area contributed by atoms with E-state index in [1.165, 1.54) is 18.3 Å². The molecule has 4 N–H and O–H groups in total. The maximum atomic E-state index is 14.4. The molecule has 236 valence electrons. The van der Waals surface area contributed by atoms with Crippen LogP contribution in [0.5, 0.6) is 0 Å². The van der Waals surface area contributed by atoms with Crippen molar-refractivity contribution in [3.63, 3.8) is 0 Å². The normalized spacial score (nSPS) is 28.6. The van der Waals surface area contributed by atoms with Crippen LogP contribution in [0, 0.1) is 11.7 Å². The van der Waals surface area contributed by atoms with Gasteiger partial charge in [0, 0.05) is 49.5 Å². The first-order chi connectivity index (χ1) is 20.3. The first-order valence-corrected chi connectivity index (χ1v) is 16.6. The smallest absolute Gasteiger partial charge is 0.352 e. The molecule has 2 aliphatic heterocycles. The van der Waals surface area contributed by atoms with Gasteiger partial charge in [0.1, 0.15) is 5.82 Å². The molecule has 2 aromatic rings. The number of nitrogens with zero attached hydrogens (tertiary/aromatic N) is 2. The van der Waals surface area contributed by atoms with Gasteiger partial charge in [0.15, 0.2) is 0 Å². The van der Waals surface area contributed by atoms with Gasteiger partial charge >= 0.3 is 6.18 Å². The van der Waals surface area contributed by atoms with E-state index < -0.39 is 45.4 Å². The van der Waals surface area contributed by atoms with Crippen LogP contribution in [0.25, 0.3) is 0 Å². The van der Waals surface area contributed by atoms with Crippen molar-refractivity contribution in [1.29, 1.82) is 0 Å². The first kappa shape index (κ1) is 32.1. The molecule has 1 unspecified atom stereocenters. The van der Waals surface area contributed by atoms with Gasteiger partial charge in [-0.1, -0.05) is 24.1 Å². The number of carbonyl (C=O) groups excluding carboxylic acids is 1. The Balaban J connectivity index is 1.31. The van der Waals surface area contributed by atoms with E-state index in [1.807, 2.05) is 0 Å². The van der Waals surface area contributed by atoms with Crippen LogP contribution in [0.2, 0.25) is 5.02 Å². The van der Waals surface area contributed by atoms with Crippen LogP contribution >= 0.6 is 11.6 Å². The number of hydrogen-bond acceptors (Lipinski definition) is 6. The minimum absolute atomic E-state index is 0.0175. The Bertz CT molecular complexity index is 1430. The van der Waals surface area contributed by atoms with Crippen LogP contribution in [0.1, 0.15) is 67.6 Å². The van der Waals surface area contributed by atoms with E-state index in [9.17, 15) is 30.8 Å². The van der Waals surface area contributed by atoms with Crippen LogP contribution in [0.15, 0.2) is 36.7 Å². The molecule has 2 saturated heterocycles. The summed E-state index contributed by atoms with van der Waals surface area (Å²) < 4.78 is 82.3. The number of hydrogen-bond donors (Lipinski definition) is 3. The molecule has 43 heavy (non-hydrogen) atoms. The SMILES string of the molecule is N[C@H](C(=O)N[C@H]1CCC[C@@H]1CC[C@H]1CN[C@@H]2CCCS(=O)(=O)N1C2)[C@H](c1cncc(C(F)(F)F)c1)c1ccc(Cl)c(F)c1. The average molecular weight is 646 g/mol. The Morgan fingerprint density at radius 1 is 1.14 bits per heavy atom. The molecule has 7 atom stereocenters. The van der Waals surface area contributed by atoms with E-state index >= 15 is 0 Å². The minimum Gasteiger partial charge on any atom is -0.352 e. The van der Waals surface area contributed by atoms with E-state index in [4.69, 9.17) is 17.3 Å². The zero-order valence-corrected chi connectivity index (χ0v) is 25.1. The Labute approximate surface area is 253 Å². The predicted molar refractivity (Wildman–Crippen MR) is 154 cm³/mol. The summed E-state index contributed by atoms with van der Waals surface area (Å²) in [4.78, 5) is 17.3. The number of alkyl halides is 3. The number of carbonyl (C=O) groups is 1. The molecule has 3 fully saturated rings. The fourth-order valence-electron chi connectivity index (χ4n) is 6.75. The van der Waals surface area contributed by atoms with Crippen molar-refractivity contribution in [2.75, 3.05) is 18.8 Å². The molecular formula is C29H36ClF4N5O3S. The van der Waals surface area contributed by atoms with Gasteiger partial charge < -0.3 is 16.4 Å². The number of piperazine rings is 1. The highest BCUT2D eigenvalue weighted by Crippen LogP contribution is 2.36. The molecule has 2 bridgehead atoms. The van der Waals surface area contributed by atoms with Gasteiger partial charge in [-0.3, -0.25) is 9.78 Å². The van der Waals surface area contributed by atoms with Crippen molar-refractivity contribution < 1.29 is 30.8 Å². The molecule has 1 aliphatic carbocycles. The zero-order chi connectivity index (χ0) is 30.9. The Kier molecular flexibility index (Phi) is 9.67. The summed E-state index contributed by atoms with van der Waals surface area (Å²) in [5.74, 6) is -2.25. The molecule has 5 rings (SSSR count). The Hall–Kier alpha value is -2.32. The Morgan fingerprint density at radius 3 is 2.67 bits per heavy atom. The third kappa shape index (κ3) is 7.33. The maximum absolute atomic E-state index is 14.4. The minimum atomic E-state index is -4.68. The van der Waals surface area contributed by atoms with E-state index in [0.29, 0.717) is 45.0 Å². The highest BCUT2D eigenvalue weighted by Gasteiger charge is 2.40. The Morgan fingerprint density at radius 2 is 1.93 bits per heavy atom. The standard InChI is InChI=1S/C29H36ClF4N5O3S/c30-23-9-7-18(12-24(23)31)26(19-11-20(14-36-13-19)29(32,33)34)27(35)28(40)38-25-5-1-3-17(25)6-8-22-15-37-21-4-2-10-43(41,42)39(22)16-21/h7,9,11-14,17,21-22,25-27,37H,1-6,8,10,15-16,35H2,(H,38,40)/t17-,21-,22+,25+,26+,27+/m1/s1. The van der Waals surface area contributed by atoms with E-state index in [1.54, 1.807) is 4.31 Å². The van der Waals surface area contributed by atoms with E-state index in [2.05, 4.69) is 15.6 Å². The van der Waals surface area contributed by atoms with Crippen molar-refractivity contribution in [2.24, 2.45) is 11.7 Å². The summed E-state index contributed by atoms with van der Waals surface area (Å²) >= 11 is 5.84.